The summed E-state index contributed by atoms with van der Waals surface area (Å²) in [6.07, 6.45) is -1.10. The van der Waals surface area contributed by atoms with Crippen LogP contribution in [0, 0.1) is 0 Å². The van der Waals surface area contributed by atoms with E-state index >= 15 is 0 Å². The van der Waals surface area contributed by atoms with Gasteiger partial charge in [-0.15, -0.1) is 0 Å². The van der Waals surface area contributed by atoms with Crippen LogP contribution in [0.4, 0.5) is 10.5 Å². The molecule has 26 heavy (non-hydrogen) atoms. The van der Waals surface area contributed by atoms with E-state index in [-0.39, 0.29) is 18.9 Å². The number of alkyl carbamates (subject to hydrolysis) is 1. The van der Waals surface area contributed by atoms with Gasteiger partial charge >= 0.3 is 13.8 Å². The molecule has 0 spiro atoms. The zero-order valence-corrected chi connectivity index (χ0v) is 16.5. The minimum absolute atomic E-state index is 0.0522. The molecule has 1 fully saturated rings. The lowest BCUT2D eigenvalue weighted by Crippen LogP contribution is -2.38. The number of anilines is 1. The Morgan fingerprint density at radius 2 is 1.92 bits per heavy atom. The third kappa shape index (κ3) is 5.06. The van der Waals surface area contributed by atoms with Gasteiger partial charge in [0.15, 0.2) is 5.78 Å². The second kappa shape index (κ2) is 7.78. The Labute approximate surface area is 153 Å². The molecule has 1 aromatic rings. The van der Waals surface area contributed by atoms with Crippen molar-refractivity contribution in [2.75, 3.05) is 24.9 Å². The molecule has 1 aliphatic heterocycles. The van der Waals surface area contributed by atoms with Crippen molar-refractivity contribution >= 4 is 25.3 Å². The molecule has 2 rings (SSSR count). The number of Topliss-reactive ketones (excluding diaryl/α,β-unsaturated/α-hetero) is 1. The van der Waals surface area contributed by atoms with E-state index in [0.717, 1.165) is 0 Å². The molecule has 9 heteroatoms. The summed E-state index contributed by atoms with van der Waals surface area (Å²) in [6.45, 7) is 7.18. The van der Waals surface area contributed by atoms with Crippen LogP contribution in [0.2, 0.25) is 0 Å². The number of hydrogen-bond donors (Lipinski definition) is 1. The molecule has 1 amide bonds. The molecule has 1 N–H and O–H groups in total. The molecule has 0 radical (unpaired) electrons. The molecular formula is C17H25N2O6P. The Bertz CT molecular complexity index is 713. The van der Waals surface area contributed by atoms with Gasteiger partial charge in [-0.2, -0.15) is 0 Å². The number of carbonyl (C=O) groups is 2. The average molecular weight is 384 g/mol. The fraction of sp³-hybridized carbons (Fsp3) is 0.529. The Morgan fingerprint density at radius 3 is 2.42 bits per heavy atom. The third-order valence-electron chi connectivity index (χ3n) is 3.63. The maximum absolute atomic E-state index is 12.9. The van der Waals surface area contributed by atoms with Gasteiger partial charge in [-0.05, 0) is 52.0 Å². The minimum Gasteiger partial charge on any atom is -0.444 e. The van der Waals surface area contributed by atoms with Crippen LogP contribution < -0.4 is 9.99 Å². The van der Waals surface area contributed by atoms with Crippen LogP contribution in [0.3, 0.4) is 0 Å². The SMILES string of the molecule is CO[P@@]1(=O)O[C@H](CNC(=O)OC(C)(C)C)CN1c1ccc(C(C)=O)cc1. The van der Waals surface area contributed by atoms with E-state index in [4.69, 9.17) is 13.8 Å². The molecule has 8 nitrogen and oxygen atoms in total. The first kappa shape index (κ1) is 20.4. The highest BCUT2D eigenvalue weighted by molar-refractivity contribution is 7.56. The van der Waals surface area contributed by atoms with Crippen molar-refractivity contribution in [1.29, 1.82) is 0 Å². The van der Waals surface area contributed by atoms with Crippen molar-refractivity contribution in [3.05, 3.63) is 29.8 Å². The van der Waals surface area contributed by atoms with Gasteiger partial charge in [-0.25, -0.2) is 9.36 Å². The van der Waals surface area contributed by atoms with Gasteiger partial charge in [0.25, 0.3) is 0 Å². The number of ketones is 1. The highest BCUT2D eigenvalue weighted by Crippen LogP contribution is 2.58. The summed E-state index contributed by atoms with van der Waals surface area (Å²) in [5.41, 5.74) is 0.566. The first-order valence-electron chi connectivity index (χ1n) is 8.24. The summed E-state index contributed by atoms with van der Waals surface area (Å²) in [6, 6.07) is 6.69. The maximum atomic E-state index is 12.9. The van der Waals surface area contributed by atoms with Crippen LogP contribution in [0.25, 0.3) is 0 Å². The van der Waals surface area contributed by atoms with Crippen molar-refractivity contribution < 1.29 is 27.9 Å². The fourth-order valence-corrected chi connectivity index (χ4v) is 4.15. The fourth-order valence-electron chi connectivity index (χ4n) is 2.44. The first-order chi connectivity index (χ1) is 12.0. The number of nitrogens with zero attached hydrogens (tertiary/aromatic N) is 1. The average Bonchev–Trinajstić information content (AvgIpc) is 2.89. The standard InChI is InChI=1S/C17H25N2O6P/c1-12(20)13-6-8-14(9-7-13)19-11-15(25-26(19,22)23-5)10-18-16(21)24-17(2,3)4/h6-9,15H,10-11H2,1-5H3,(H,18,21)/t15-,26-/m1/s1. The highest BCUT2D eigenvalue weighted by atomic mass is 31.2. The zero-order valence-electron chi connectivity index (χ0n) is 15.6. The lowest BCUT2D eigenvalue weighted by molar-refractivity contribution is 0.0504. The van der Waals surface area contributed by atoms with Crippen molar-refractivity contribution in [3.8, 4) is 0 Å². The largest absolute Gasteiger partial charge is 0.444 e. The van der Waals surface area contributed by atoms with E-state index in [2.05, 4.69) is 5.32 Å². The lowest BCUT2D eigenvalue weighted by Gasteiger charge is -2.22. The molecule has 2 atom stereocenters. The van der Waals surface area contributed by atoms with E-state index in [1.807, 2.05) is 0 Å². The first-order valence-corrected chi connectivity index (χ1v) is 9.73. The van der Waals surface area contributed by atoms with E-state index in [9.17, 15) is 14.2 Å². The molecule has 0 aromatic heterocycles. The van der Waals surface area contributed by atoms with Gasteiger partial charge < -0.3 is 10.1 Å². The number of benzene rings is 1. The predicted octanol–water partition coefficient (Wildman–Crippen LogP) is 3.37. The molecule has 1 heterocycles. The quantitative estimate of drug-likeness (QED) is 0.614. The Hall–Kier alpha value is -1.89. The molecule has 1 aliphatic rings. The normalized spacial score (nSPS) is 23.0. The lowest BCUT2D eigenvalue weighted by atomic mass is 10.1. The topological polar surface area (TPSA) is 94.2 Å². The summed E-state index contributed by atoms with van der Waals surface area (Å²) < 4.78 is 30.2. The number of rotatable bonds is 5. The number of ether oxygens (including phenoxy) is 1. The summed E-state index contributed by atoms with van der Waals surface area (Å²) >= 11 is 0. The molecule has 0 bridgehead atoms. The van der Waals surface area contributed by atoms with Crippen LogP contribution in [0.5, 0.6) is 0 Å². The molecule has 1 saturated heterocycles. The van der Waals surface area contributed by atoms with Gasteiger partial charge in [0, 0.05) is 24.9 Å². The number of amides is 1. The van der Waals surface area contributed by atoms with Crippen LogP contribution in [-0.4, -0.2) is 43.8 Å². The summed E-state index contributed by atoms with van der Waals surface area (Å²) in [4.78, 5) is 23.2. The third-order valence-corrected chi connectivity index (χ3v) is 5.64. The highest BCUT2D eigenvalue weighted by Gasteiger charge is 2.44. The maximum Gasteiger partial charge on any atom is 0.435 e. The molecule has 0 unspecified atom stereocenters. The summed E-state index contributed by atoms with van der Waals surface area (Å²) in [7, 11) is -2.22. The van der Waals surface area contributed by atoms with Crippen molar-refractivity contribution in [3.63, 3.8) is 0 Å². The van der Waals surface area contributed by atoms with Gasteiger partial charge in [0.1, 0.15) is 11.7 Å². The summed E-state index contributed by atoms with van der Waals surface area (Å²) in [5.74, 6) is -0.0522. The van der Waals surface area contributed by atoms with E-state index in [1.165, 1.54) is 18.7 Å². The molecule has 1 aromatic carbocycles. The van der Waals surface area contributed by atoms with Gasteiger partial charge in [0.05, 0.1) is 6.54 Å². The summed E-state index contributed by atoms with van der Waals surface area (Å²) in [5, 5.41) is 2.60. The van der Waals surface area contributed by atoms with Gasteiger partial charge in [-0.1, -0.05) is 0 Å². The Morgan fingerprint density at radius 1 is 1.31 bits per heavy atom. The minimum atomic E-state index is -3.52. The van der Waals surface area contributed by atoms with Gasteiger partial charge in [-0.3, -0.25) is 18.5 Å². The number of nitrogens with one attached hydrogen (secondary N) is 1. The van der Waals surface area contributed by atoms with E-state index < -0.39 is 25.5 Å². The molecular weight excluding hydrogens is 359 g/mol. The molecule has 0 saturated carbocycles. The van der Waals surface area contributed by atoms with Crippen LogP contribution in [-0.2, 0) is 18.3 Å². The second-order valence-electron chi connectivity index (χ2n) is 6.95. The van der Waals surface area contributed by atoms with E-state index in [0.29, 0.717) is 11.3 Å². The Balaban J connectivity index is 2.05. The number of carbonyl (C=O) groups excluding carboxylic acids is 2. The van der Waals surface area contributed by atoms with Crippen LogP contribution in [0.1, 0.15) is 38.1 Å². The smallest absolute Gasteiger partial charge is 0.435 e. The Kier molecular flexibility index (Phi) is 6.11. The second-order valence-corrected chi connectivity index (χ2v) is 8.94. The zero-order chi connectivity index (χ0) is 19.5. The number of hydrogen-bond acceptors (Lipinski definition) is 6. The van der Waals surface area contributed by atoms with E-state index in [1.54, 1.807) is 45.0 Å². The van der Waals surface area contributed by atoms with Crippen molar-refractivity contribution in [2.24, 2.45) is 0 Å². The van der Waals surface area contributed by atoms with Crippen molar-refractivity contribution in [2.45, 2.75) is 39.4 Å². The van der Waals surface area contributed by atoms with Gasteiger partial charge in [0.2, 0.25) is 0 Å². The molecule has 144 valence electrons. The van der Waals surface area contributed by atoms with Crippen LogP contribution >= 0.6 is 7.75 Å². The predicted molar refractivity (Wildman–Crippen MR) is 97.5 cm³/mol. The monoisotopic (exact) mass is 384 g/mol. The van der Waals surface area contributed by atoms with Crippen LogP contribution in [0.15, 0.2) is 24.3 Å². The molecule has 0 aliphatic carbocycles. The van der Waals surface area contributed by atoms with Crippen molar-refractivity contribution in [1.82, 2.24) is 5.32 Å².